The summed E-state index contributed by atoms with van der Waals surface area (Å²) >= 11 is 0. The fourth-order valence-electron chi connectivity index (χ4n) is 13.4. The van der Waals surface area contributed by atoms with Gasteiger partial charge in [0.2, 0.25) is 0 Å². The van der Waals surface area contributed by atoms with Crippen molar-refractivity contribution in [1.82, 2.24) is 5.32 Å². The standard InChI is InChI=1S/C46H67NO7/c1-28(2)38-32(49)24-46(36(53-29(3)48)27-47-26-30-14-12-11-13-15-30)23-22-44(9)31(39(38)46)16-17-34-43(8)20-19-35(54-37(50)25-41(4,5)40(51)52)42(6,7)33(43)18-21-45(34,44)10/h11-15,28,31,33-36,47H,16-27H2,1-10H3,(H,51,52)/t31-,33+,34-,35+,36-,43+,44-,45-,46-/m1/s1. The highest BCUT2D eigenvalue weighted by Crippen LogP contribution is 2.77. The molecule has 0 unspecified atom stereocenters. The van der Waals surface area contributed by atoms with Gasteiger partial charge in [0, 0.05) is 37.3 Å². The van der Waals surface area contributed by atoms with Crippen LogP contribution in [0.4, 0.5) is 0 Å². The van der Waals surface area contributed by atoms with Crippen LogP contribution in [0.15, 0.2) is 41.5 Å². The van der Waals surface area contributed by atoms with Crippen LogP contribution in [0.2, 0.25) is 0 Å². The number of fused-ring (bicyclic) bond motifs is 7. The fourth-order valence-corrected chi connectivity index (χ4v) is 13.4. The van der Waals surface area contributed by atoms with Crippen molar-refractivity contribution < 1.29 is 33.8 Å². The van der Waals surface area contributed by atoms with Gasteiger partial charge in [-0.25, -0.2) is 0 Å². The zero-order valence-electron chi connectivity index (χ0n) is 34.7. The van der Waals surface area contributed by atoms with E-state index < -0.39 is 28.9 Å². The molecule has 0 bridgehead atoms. The molecule has 5 aliphatic rings. The number of carbonyl (C=O) groups excluding carboxylic acids is 3. The molecule has 6 rings (SSSR count). The second-order valence-corrected chi connectivity index (χ2v) is 20.3. The van der Waals surface area contributed by atoms with E-state index in [0.29, 0.717) is 31.3 Å². The maximum atomic E-state index is 14.3. The summed E-state index contributed by atoms with van der Waals surface area (Å²) in [5, 5.41) is 13.2. The molecule has 2 N–H and O–H groups in total. The minimum atomic E-state index is -1.17. The largest absolute Gasteiger partial charge is 0.481 e. The van der Waals surface area contributed by atoms with E-state index in [2.05, 4.69) is 65.9 Å². The highest BCUT2D eigenvalue weighted by molar-refractivity contribution is 6.01. The maximum absolute atomic E-state index is 14.3. The number of carboxylic acids is 1. The van der Waals surface area contributed by atoms with Crippen molar-refractivity contribution in [2.75, 3.05) is 6.54 Å². The first-order chi connectivity index (χ1) is 25.1. The van der Waals surface area contributed by atoms with Crippen molar-refractivity contribution in [1.29, 1.82) is 0 Å². The van der Waals surface area contributed by atoms with Gasteiger partial charge in [-0.1, -0.05) is 78.8 Å². The molecule has 9 atom stereocenters. The number of esters is 2. The van der Waals surface area contributed by atoms with Crippen LogP contribution in [0.1, 0.15) is 139 Å². The Morgan fingerprint density at radius 2 is 1.59 bits per heavy atom. The lowest BCUT2D eigenvalue weighted by Gasteiger charge is -2.72. The smallest absolute Gasteiger partial charge is 0.309 e. The van der Waals surface area contributed by atoms with Crippen molar-refractivity contribution in [2.24, 2.45) is 56.2 Å². The third-order valence-electron chi connectivity index (χ3n) is 16.3. The average Bonchev–Trinajstić information content (AvgIpc) is 3.39. The summed E-state index contributed by atoms with van der Waals surface area (Å²) in [6, 6.07) is 10.3. The Balaban J connectivity index is 1.30. The highest BCUT2D eigenvalue weighted by Gasteiger charge is 2.71. The number of Topliss-reactive ketones (excluding diaryl/α,β-unsaturated/α-hetero) is 1. The summed E-state index contributed by atoms with van der Waals surface area (Å²) < 4.78 is 12.5. The third-order valence-corrected chi connectivity index (χ3v) is 16.3. The number of carboxylic acid groups (broad SMARTS) is 1. The van der Waals surface area contributed by atoms with Crippen molar-refractivity contribution >= 4 is 23.7 Å². The molecular weight excluding hydrogens is 679 g/mol. The first kappa shape index (κ1) is 40.7. The second-order valence-electron chi connectivity index (χ2n) is 20.3. The van der Waals surface area contributed by atoms with Crippen LogP contribution in [0.3, 0.4) is 0 Å². The quantitative estimate of drug-likeness (QED) is 0.216. The van der Waals surface area contributed by atoms with E-state index >= 15 is 0 Å². The molecule has 54 heavy (non-hydrogen) atoms. The molecule has 0 spiro atoms. The Kier molecular flexibility index (Phi) is 10.7. The second kappa shape index (κ2) is 14.2. The normalized spacial score (nSPS) is 36.4. The first-order valence-electron chi connectivity index (χ1n) is 20.8. The van der Waals surface area contributed by atoms with E-state index in [9.17, 15) is 24.3 Å². The van der Waals surface area contributed by atoms with Crippen LogP contribution in [-0.2, 0) is 35.2 Å². The number of hydrogen-bond acceptors (Lipinski definition) is 7. The predicted octanol–water partition coefficient (Wildman–Crippen LogP) is 9.10. The number of benzene rings is 1. The first-order valence-corrected chi connectivity index (χ1v) is 20.8. The van der Waals surface area contributed by atoms with Crippen LogP contribution in [0.5, 0.6) is 0 Å². The van der Waals surface area contributed by atoms with Crippen LogP contribution < -0.4 is 5.32 Å². The topological polar surface area (TPSA) is 119 Å². The highest BCUT2D eigenvalue weighted by atomic mass is 16.5. The molecule has 8 heteroatoms. The van der Waals surface area contributed by atoms with Gasteiger partial charge in [-0.15, -0.1) is 0 Å². The fraction of sp³-hybridized carbons (Fsp3) is 0.739. The zero-order valence-corrected chi connectivity index (χ0v) is 34.7. The molecule has 1 aromatic carbocycles. The van der Waals surface area contributed by atoms with Crippen LogP contribution in [-0.4, -0.2) is 47.6 Å². The Morgan fingerprint density at radius 1 is 0.907 bits per heavy atom. The van der Waals surface area contributed by atoms with Crippen LogP contribution in [0.25, 0.3) is 0 Å². The Bertz CT molecular complexity index is 1680. The average molecular weight is 746 g/mol. The van der Waals surface area contributed by atoms with E-state index in [4.69, 9.17) is 9.47 Å². The van der Waals surface area contributed by atoms with Gasteiger partial charge in [-0.2, -0.15) is 0 Å². The maximum Gasteiger partial charge on any atom is 0.309 e. The summed E-state index contributed by atoms with van der Waals surface area (Å²) in [5.74, 6) is -0.350. The molecule has 298 valence electrons. The summed E-state index contributed by atoms with van der Waals surface area (Å²) in [7, 11) is 0. The number of ether oxygens (including phenoxy) is 2. The summed E-state index contributed by atoms with van der Waals surface area (Å²) in [6.07, 6.45) is 7.29. The number of hydrogen-bond donors (Lipinski definition) is 2. The zero-order chi connectivity index (χ0) is 39.6. The molecule has 1 aromatic rings. The lowest BCUT2D eigenvalue weighted by Crippen LogP contribution is -2.66. The Hall–Kier alpha value is -3.00. The van der Waals surface area contributed by atoms with E-state index in [-0.39, 0.29) is 57.8 Å². The van der Waals surface area contributed by atoms with Gasteiger partial charge in [0.05, 0.1) is 11.8 Å². The minimum Gasteiger partial charge on any atom is -0.481 e. The van der Waals surface area contributed by atoms with Gasteiger partial charge in [0.15, 0.2) is 5.78 Å². The van der Waals surface area contributed by atoms with E-state index in [1.165, 1.54) is 18.1 Å². The minimum absolute atomic E-state index is 0.0294. The van der Waals surface area contributed by atoms with E-state index in [0.717, 1.165) is 56.9 Å². The Labute approximate surface area is 324 Å². The van der Waals surface area contributed by atoms with Gasteiger partial charge >= 0.3 is 17.9 Å². The number of aliphatic carboxylic acids is 1. The number of ketones is 1. The SMILES string of the molecule is CC(=O)O[C@H](CNCc1ccccc1)[C@]12CC[C@]3(C)[C@H](CC[C@@H]4[C@@]5(C)CC[C@H](OC(=O)CC(C)(C)C(=O)O)C(C)(C)[C@@H]5CC[C@]43C)C1=C(C(C)C)C(=O)C2. The van der Waals surface area contributed by atoms with E-state index in [1.54, 1.807) is 13.8 Å². The van der Waals surface area contributed by atoms with Crippen LogP contribution >= 0.6 is 0 Å². The molecule has 0 saturated heterocycles. The number of nitrogens with one attached hydrogen (secondary N) is 1. The molecule has 5 aliphatic carbocycles. The van der Waals surface area contributed by atoms with E-state index in [1.807, 2.05) is 18.2 Å². The summed E-state index contributed by atoms with van der Waals surface area (Å²) in [4.78, 5) is 51.9. The number of carbonyl (C=O) groups is 4. The number of allylic oxidation sites excluding steroid dienone is 1. The lowest BCUT2D eigenvalue weighted by molar-refractivity contribution is -0.235. The number of rotatable bonds is 11. The van der Waals surface area contributed by atoms with Gasteiger partial charge in [-0.05, 0) is 122 Å². The van der Waals surface area contributed by atoms with Crippen molar-refractivity contribution in [2.45, 2.75) is 152 Å². The van der Waals surface area contributed by atoms with Crippen molar-refractivity contribution in [3.8, 4) is 0 Å². The Morgan fingerprint density at radius 3 is 2.22 bits per heavy atom. The molecule has 0 aliphatic heterocycles. The predicted molar refractivity (Wildman–Crippen MR) is 209 cm³/mol. The summed E-state index contributed by atoms with van der Waals surface area (Å²) in [6.45, 7) is 22.3. The van der Waals surface area contributed by atoms with Gasteiger partial charge in [-0.3, -0.25) is 19.2 Å². The van der Waals surface area contributed by atoms with Crippen LogP contribution in [0, 0.1) is 56.2 Å². The molecular formula is C46H67NO7. The summed E-state index contributed by atoms with van der Waals surface area (Å²) in [5.41, 5.74) is 1.55. The van der Waals surface area contributed by atoms with Crippen molar-refractivity contribution in [3.63, 3.8) is 0 Å². The molecule has 0 aromatic heterocycles. The molecule has 4 saturated carbocycles. The van der Waals surface area contributed by atoms with Gasteiger partial charge < -0.3 is 19.9 Å². The van der Waals surface area contributed by atoms with Crippen molar-refractivity contribution in [3.05, 3.63) is 47.0 Å². The van der Waals surface area contributed by atoms with Gasteiger partial charge in [0.25, 0.3) is 0 Å². The monoisotopic (exact) mass is 745 g/mol. The van der Waals surface area contributed by atoms with Gasteiger partial charge in [0.1, 0.15) is 12.2 Å². The molecule has 0 heterocycles. The molecule has 8 nitrogen and oxygen atoms in total. The third kappa shape index (κ3) is 6.48. The molecule has 0 radical (unpaired) electrons. The molecule has 0 amide bonds. The lowest BCUT2D eigenvalue weighted by atomic mass is 9.33. The molecule has 4 fully saturated rings.